The van der Waals surface area contributed by atoms with Crippen LogP contribution in [0.25, 0.3) is 0 Å². The van der Waals surface area contributed by atoms with Gasteiger partial charge in [-0.05, 0) is 47.0 Å². The zero-order valence-corrected chi connectivity index (χ0v) is 18.5. The molecule has 2 heterocycles. The van der Waals surface area contributed by atoms with Crippen molar-refractivity contribution in [3.8, 4) is 0 Å². The molecular weight excluding hydrogens is 400 g/mol. The van der Waals surface area contributed by atoms with Crippen LogP contribution < -0.4 is 0 Å². The van der Waals surface area contributed by atoms with Gasteiger partial charge in [-0.25, -0.2) is 13.2 Å². The Kier molecular flexibility index (Phi) is 7.53. The smallest absolute Gasteiger partial charge is 0.410 e. The van der Waals surface area contributed by atoms with E-state index < -0.39 is 34.1 Å². The number of likely N-dealkylation sites (N-methyl/N-ethyl adjacent to an activating group) is 1. The molecule has 10 heteroatoms. The quantitative estimate of drug-likeness (QED) is 0.601. The van der Waals surface area contributed by atoms with Crippen LogP contribution in [0.15, 0.2) is 0 Å². The number of ether oxygens (including phenoxy) is 2. The standard InChI is InChI=1S/C19H32N2O7S/c1-5-21(15-8-11-29(25,26)13-15)16(22)12-27-17(23)14-6-9-20(10-7-14)18(24)28-19(2,3)4/h14-15H,5-13H2,1-4H3. The van der Waals surface area contributed by atoms with E-state index in [1.807, 2.05) is 0 Å². The van der Waals surface area contributed by atoms with Crippen LogP contribution in [0.2, 0.25) is 0 Å². The molecule has 0 aromatic heterocycles. The summed E-state index contributed by atoms with van der Waals surface area (Å²) >= 11 is 0. The molecule has 2 aliphatic heterocycles. The number of piperidine rings is 1. The molecule has 0 spiro atoms. The van der Waals surface area contributed by atoms with E-state index in [1.165, 1.54) is 4.90 Å². The SMILES string of the molecule is CCN(C(=O)COC(=O)C1CCN(C(=O)OC(C)(C)C)CC1)C1CCS(=O)(=O)C1. The van der Waals surface area contributed by atoms with Gasteiger partial charge in [0.1, 0.15) is 5.60 Å². The Labute approximate surface area is 172 Å². The summed E-state index contributed by atoms with van der Waals surface area (Å²) in [5, 5.41) is 0. The van der Waals surface area contributed by atoms with Gasteiger partial charge in [0.05, 0.1) is 17.4 Å². The van der Waals surface area contributed by atoms with Crippen LogP contribution in [0.1, 0.15) is 47.0 Å². The van der Waals surface area contributed by atoms with Gasteiger partial charge in [-0.1, -0.05) is 0 Å². The molecule has 0 radical (unpaired) electrons. The fraction of sp³-hybridized carbons (Fsp3) is 0.842. The van der Waals surface area contributed by atoms with E-state index in [0.717, 1.165) is 0 Å². The monoisotopic (exact) mass is 432 g/mol. The minimum atomic E-state index is -3.10. The number of hydrogen-bond acceptors (Lipinski definition) is 7. The predicted octanol–water partition coefficient (Wildman–Crippen LogP) is 1.21. The summed E-state index contributed by atoms with van der Waals surface area (Å²) in [6.45, 7) is 7.93. The van der Waals surface area contributed by atoms with Crippen LogP contribution in [0.4, 0.5) is 4.79 Å². The van der Waals surface area contributed by atoms with Crippen molar-refractivity contribution in [1.29, 1.82) is 0 Å². The number of esters is 1. The summed E-state index contributed by atoms with van der Waals surface area (Å²) in [7, 11) is -3.10. The molecule has 0 saturated carbocycles. The predicted molar refractivity (Wildman–Crippen MR) is 106 cm³/mol. The molecule has 1 unspecified atom stereocenters. The van der Waals surface area contributed by atoms with E-state index in [4.69, 9.17) is 9.47 Å². The highest BCUT2D eigenvalue weighted by Crippen LogP contribution is 2.21. The van der Waals surface area contributed by atoms with Crippen molar-refractivity contribution in [2.24, 2.45) is 5.92 Å². The van der Waals surface area contributed by atoms with E-state index in [0.29, 0.717) is 38.9 Å². The molecule has 0 aromatic rings. The van der Waals surface area contributed by atoms with Crippen molar-refractivity contribution in [2.45, 2.75) is 58.6 Å². The lowest BCUT2D eigenvalue weighted by Crippen LogP contribution is -2.45. The average Bonchev–Trinajstić information content (AvgIpc) is 2.98. The maximum atomic E-state index is 12.4. The number of likely N-dealkylation sites (tertiary alicyclic amines) is 1. The van der Waals surface area contributed by atoms with E-state index in [9.17, 15) is 22.8 Å². The number of carbonyl (C=O) groups is 3. The second kappa shape index (κ2) is 9.32. The number of sulfone groups is 1. The van der Waals surface area contributed by atoms with Gasteiger partial charge in [0, 0.05) is 25.7 Å². The van der Waals surface area contributed by atoms with Gasteiger partial charge in [-0.15, -0.1) is 0 Å². The van der Waals surface area contributed by atoms with Crippen molar-refractivity contribution in [2.75, 3.05) is 37.7 Å². The van der Waals surface area contributed by atoms with Gasteiger partial charge < -0.3 is 19.3 Å². The first-order valence-corrected chi connectivity index (χ1v) is 11.9. The lowest BCUT2D eigenvalue weighted by Gasteiger charge is -2.32. The highest BCUT2D eigenvalue weighted by atomic mass is 32.2. The summed E-state index contributed by atoms with van der Waals surface area (Å²) in [4.78, 5) is 39.9. The molecule has 29 heavy (non-hydrogen) atoms. The van der Waals surface area contributed by atoms with Gasteiger partial charge >= 0.3 is 12.1 Å². The van der Waals surface area contributed by atoms with Crippen LogP contribution in [-0.4, -0.2) is 85.6 Å². The van der Waals surface area contributed by atoms with Crippen LogP contribution in [-0.2, 0) is 28.9 Å². The minimum Gasteiger partial charge on any atom is -0.455 e. The number of hydrogen-bond donors (Lipinski definition) is 0. The summed E-state index contributed by atoms with van der Waals surface area (Å²) in [5.74, 6) is -1.17. The molecule has 2 fully saturated rings. The van der Waals surface area contributed by atoms with Crippen LogP contribution >= 0.6 is 0 Å². The first kappa shape index (κ1) is 23.4. The van der Waals surface area contributed by atoms with Crippen LogP contribution in [0.5, 0.6) is 0 Å². The number of carbonyl (C=O) groups excluding carboxylic acids is 3. The van der Waals surface area contributed by atoms with Crippen molar-refractivity contribution >= 4 is 27.8 Å². The number of nitrogens with zero attached hydrogens (tertiary/aromatic N) is 2. The van der Waals surface area contributed by atoms with Crippen molar-refractivity contribution in [3.63, 3.8) is 0 Å². The number of rotatable bonds is 5. The highest BCUT2D eigenvalue weighted by Gasteiger charge is 2.35. The summed E-state index contributed by atoms with van der Waals surface area (Å²) in [6, 6.07) is -0.353. The molecule has 2 amide bonds. The largest absolute Gasteiger partial charge is 0.455 e. The Hall–Kier alpha value is -1.84. The Morgan fingerprint density at radius 1 is 1.10 bits per heavy atom. The van der Waals surface area contributed by atoms with E-state index in [-0.39, 0.29) is 29.4 Å². The second-order valence-electron chi connectivity index (χ2n) is 8.59. The van der Waals surface area contributed by atoms with Crippen molar-refractivity contribution < 1.29 is 32.3 Å². The fourth-order valence-corrected chi connectivity index (χ4v) is 5.35. The molecule has 2 saturated heterocycles. The highest BCUT2D eigenvalue weighted by molar-refractivity contribution is 7.91. The van der Waals surface area contributed by atoms with Crippen molar-refractivity contribution in [3.05, 3.63) is 0 Å². The van der Waals surface area contributed by atoms with Crippen molar-refractivity contribution in [1.82, 2.24) is 9.80 Å². The van der Waals surface area contributed by atoms with Gasteiger partial charge in [0.25, 0.3) is 5.91 Å². The normalized spacial score (nSPS) is 22.2. The summed E-state index contributed by atoms with van der Waals surface area (Å²) in [6.07, 6.45) is 0.915. The zero-order valence-electron chi connectivity index (χ0n) is 17.7. The topological polar surface area (TPSA) is 110 Å². The Morgan fingerprint density at radius 3 is 2.21 bits per heavy atom. The lowest BCUT2D eigenvalue weighted by atomic mass is 9.97. The van der Waals surface area contributed by atoms with E-state index >= 15 is 0 Å². The molecule has 2 aliphatic rings. The average molecular weight is 433 g/mol. The van der Waals surface area contributed by atoms with Crippen LogP contribution in [0, 0.1) is 5.92 Å². The van der Waals surface area contributed by atoms with Gasteiger partial charge in [-0.2, -0.15) is 0 Å². The Morgan fingerprint density at radius 2 is 1.72 bits per heavy atom. The molecule has 1 atom stereocenters. The molecule has 166 valence electrons. The number of amides is 2. The van der Waals surface area contributed by atoms with E-state index in [2.05, 4.69) is 0 Å². The zero-order chi connectivity index (χ0) is 21.8. The molecule has 0 N–H and O–H groups in total. The Balaban J connectivity index is 1.78. The van der Waals surface area contributed by atoms with Gasteiger partial charge in [-0.3, -0.25) is 9.59 Å². The lowest BCUT2D eigenvalue weighted by molar-refractivity contribution is -0.157. The maximum absolute atomic E-state index is 12.4. The van der Waals surface area contributed by atoms with Gasteiger partial charge in [0.15, 0.2) is 16.4 Å². The third kappa shape index (κ3) is 6.87. The molecule has 0 aromatic carbocycles. The molecule has 2 rings (SSSR count). The molecule has 0 aliphatic carbocycles. The maximum Gasteiger partial charge on any atom is 0.410 e. The Bertz CT molecular complexity index is 721. The summed E-state index contributed by atoms with van der Waals surface area (Å²) < 4.78 is 33.8. The van der Waals surface area contributed by atoms with Crippen LogP contribution in [0.3, 0.4) is 0 Å². The fourth-order valence-electron chi connectivity index (χ4n) is 3.62. The first-order valence-electron chi connectivity index (χ1n) is 10.1. The molecule has 9 nitrogen and oxygen atoms in total. The third-order valence-electron chi connectivity index (χ3n) is 5.13. The third-order valence-corrected chi connectivity index (χ3v) is 6.88. The second-order valence-corrected chi connectivity index (χ2v) is 10.8. The molecular formula is C19H32N2O7S. The van der Waals surface area contributed by atoms with Gasteiger partial charge in [0.2, 0.25) is 0 Å². The summed E-state index contributed by atoms with van der Waals surface area (Å²) in [5.41, 5.74) is -0.572. The van der Waals surface area contributed by atoms with E-state index in [1.54, 1.807) is 32.6 Å². The molecule has 0 bridgehead atoms. The minimum absolute atomic E-state index is 0.0380. The first-order chi connectivity index (χ1) is 13.4.